The van der Waals surface area contributed by atoms with E-state index < -0.39 is 15.6 Å². The van der Waals surface area contributed by atoms with Crippen LogP contribution < -0.4 is 9.80 Å². The molecule has 0 heterocycles. The van der Waals surface area contributed by atoms with Crippen molar-refractivity contribution in [1.29, 1.82) is 10.5 Å². The van der Waals surface area contributed by atoms with Gasteiger partial charge in [-0.05, 0) is 0 Å². The van der Waals surface area contributed by atoms with Gasteiger partial charge < -0.3 is 0 Å². The summed E-state index contributed by atoms with van der Waals surface area (Å²) in [5.74, 6) is 0. The van der Waals surface area contributed by atoms with Crippen LogP contribution in [0.3, 0.4) is 0 Å². The topological polar surface area (TPSA) is 103 Å². The Morgan fingerprint density at radius 3 is 1.37 bits per heavy atom. The Labute approximate surface area is 255 Å². The number of unbranched alkanes of at least 4 members (excludes halogenated alkanes) is 2. The first-order chi connectivity index (χ1) is 19.8. The average molecular weight is 696 g/mol. The van der Waals surface area contributed by atoms with Crippen molar-refractivity contribution in [3.05, 3.63) is 59.7 Å². The third-order valence-corrected chi connectivity index (χ3v) is 32.5. The van der Waals surface area contributed by atoms with Gasteiger partial charge in [-0.25, -0.2) is 0 Å². The Kier molecular flexibility index (Phi) is 15.6. The van der Waals surface area contributed by atoms with Crippen molar-refractivity contribution < 1.29 is 0 Å². The van der Waals surface area contributed by atoms with Crippen molar-refractivity contribution in [2.45, 2.75) is 48.4 Å². The molecule has 0 aromatic heterocycles. The molecule has 0 unspecified atom stereocenters. The summed E-state index contributed by atoms with van der Waals surface area (Å²) in [7, 11) is 11.2. The zero-order chi connectivity index (χ0) is 30.1. The predicted molar refractivity (Wildman–Crippen MR) is 183 cm³/mol. The van der Waals surface area contributed by atoms with Gasteiger partial charge in [-0.2, -0.15) is 0 Å². The fourth-order valence-corrected chi connectivity index (χ4v) is 30.2. The number of rotatable bonds is 14. The predicted octanol–water partition coefficient (Wildman–Crippen LogP) is 7.54. The third-order valence-electron chi connectivity index (χ3n) is 6.11. The van der Waals surface area contributed by atoms with Gasteiger partial charge in [0.05, 0.1) is 0 Å². The monoisotopic (exact) mass is 696 g/mol. The Balaban J connectivity index is 2.29. The molecule has 2 aromatic carbocycles. The second-order valence-electron chi connectivity index (χ2n) is 9.82. The van der Waals surface area contributed by atoms with E-state index in [1.807, 2.05) is 86.5 Å². The molecule has 8 nitrogen and oxygen atoms in total. The molecule has 0 amide bonds. The van der Waals surface area contributed by atoms with E-state index in [0.717, 1.165) is 57.1 Å². The minimum absolute atomic E-state index is 0.350. The summed E-state index contributed by atoms with van der Waals surface area (Å²) in [4.78, 5) is 4.07. The van der Waals surface area contributed by atoms with Crippen molar-refractivity contribution in [2.75, 3.05) is 38.0 Å². The first-order valence-electron chi connectivity index (χ1n) is 13.7. The molecule has 0 bridgehead atoms. The van der Waals surface area contributed by atoms with Gasteiger partial charge in [-0.1, -0.05) is 0 Å². The van der Waals surface area contributed by atoms with Crippen LogP contribution in [-0.2, 0) is 0 Å². The maximum atomic E-state index is 9.97. The summed E-state index contributed by atoms with van der Waals surface area (Å²) in [6.45, 7) is 4.34. The Hall–Kier alpha value is -2.80. The number of nitriles is 2. The van der Waals surface area contributed by atoms with Crippen LogP contribution in [0.4, 0.5) is 11.4 Å². The summed E-state index contributed by atoms with van der Waals surface area (Å²) >= 11 is -3.28. The molecule has 41 heavy (non-hydrogen) atoms. The van der Waals surface area contributed by atoms with Gasteiger partial charge in [0.2, 0.25) is 0 Å². The summed E-state index contributed by atoms with van der Waals surface area (Å²) in [6.07, 6.45) is 7.52. The molecule has 0 spiro atoms. The van der Waals surface area contributed by atoms with E-state index in [1.54, 1.807) is 30.3 Å². The fourth-order valence-electron chi connectivity index (χ4n) is 3.74. The van der Waals surface area contributed by atoms with Crippen LogP contribution in [0.25, 0.3) is 0 Å². The van der Waals surface area contributed by atoms with Crippen molar-refractivity contribution in [1.82, 2.24) is 0 Å². The molecule has 0 saturated heterocycles. The van der Waals surface area contributed by atoms with Gasteiger partial charge in [0.25, 0.3) is 0 Å². The molecule has 0 saturated carbocycles. The standard InChI is InChI=1S/2C11H12N4S.2C4H9.Sn/c2*1-15(2)10-5-3-9(4-6-10)8-13-14-11(16)7-12;2*1-3-4-2;/h2*3-6,8H,1-2H3,(H,14,16);2*1,3-4H2,2H3;/q;;;;+2/p-2/b2*13-8+;;;. The van der Waals surface area contributed by atoms with Crippen molar-refractivity contribution in [2.24, 2.45) is 20.4 Å². The van der Waals surface area contributed by atoms with Crippen molar-refractivity contribution in [3.8, 4) is 12.1 Å². The Morgan fingerprint density at radius 1 is 0.707 bits per heavy atom. The Bertz CT molecular complexity index is 1190. The molecule has 0 atom stereocenters. The van der Waals surface area contributed by atoms with Gasteiger partial charge in [0.1, 0.15) is 0 Å². The molecular weight excluding hydrogens is 655 g/mol. The quantitative estimate of drug-likeness (QED) is 0.0876. The summed E-state index contributed by atoms with van der Waals surface area (Å²) in [5.41, 5.74) is 4.03. The second-order valence-corrected chi connectivity index (χ2v) is 34.8. The number of anilines is 2. The molecule has 11 heteroatoms. The van der Waals surface area contributed by atoms with Crippen LogP contribution in [0, 0.1) is 22.7 Å². The zero-order valence-corrected chi connectivity index (χ0v) is 29.4. The molecule has 0 aliphatic rings. The van der Waals surface area contributed by atoms with Crippen LogP contribution in [0.2, 0.25) is 8.87 Å². The SMILES string of the molecule is CCC[CH2][Sn]([CH2]CCC)([S]/C(C#N)=N/N=C/c1ccc(N(C)C)cc1)[S]/C(C#N)=N/N=C/c1ccc(N(C)C)cc1. The van der Waals surface area contributed by atoms with Crippen LogP contribution in [-0.4, -0.2) is 66.3 Å². The molecule has 2 rings (SSSR count). The molecule has 0 N–H and O–H groups in total. The number of hydrogen-bond acceptors (Lipinski definition) is 10. The number of hydrogen-bond donors (Lipinski definition) is 0. The second kappa shape index (κ2) is 18.6. The first kappa shape index (κ1) is 34.4. The molecule has 0 aliphatic heterocycles. The zero-order valence-electron chi connectivity index (χ0n) is 24.9. The molecule has 2 aromatic rings. The minimum atomic E-state index is -3.28. The van der Waals surface area contributed by atoms with Crippen LogP contribution in [0.1, 0.15) is 50.7 Å². The number of nitrogens with zero attached hydrogens (tertiary/aromatic N) is 8. The maximum absolute atomic E-state index is 9.97. The summed E-state index contributed by atoms with van der Waals surface area (Å²) in [5, 5.41) is 37.7. The van der Waals surface area contributed by atoms with E-state index in [2.05, 4.69) is 46.4 Å². The Morgan fingerprint density at radius 2 is 1.07 bits per heavy atom. The van der Waals surface area contributed by atoms with Gasteiger partial charge in [-0.15, -0.1) is 0 Å². The van der Waals surface area contributed by atoms with E-state index in [9.17, 15) is 10.5 Å². The van der Waals surface area contributed by atoms with E-state index >= 15 is 0 Å². The normalized spacial score (nSPS) is 12.5. The number of benzene rings is 2. The van der Waals surface area contributed by atoms with E-state index in [0.29, 0.717) is 10.1 Å². The third kappa shape index (κ3) is 12.3. The van der Waals surface area contributed by atoms with Gasteiger partial charge in [0.15, 0.2) is 0 Å². The molecular formula is C30H40N8S2Sn. The average Bonchev–Trinajstić information content (AvgIpc) is 2.98. The van der Waals surface area contributed by atoms with Crippen molar-refractivity contribution in [3.63, 3.8) is 0 Å². The summed E-state index contributed by atoms with van der Waals surface area (Å²) < 4.78 is 2.01. The van der Waals surface area contributed by atoms with Gasteiger partial charge in [0, 0.05) is 0 Å². The fraction of sp³-hybridized carbons (Fsp3) is 0.400. The van der Waals surface area contributed by atoms with E-state index in [4.69, 9.17) is 0 Å². The van der Waals surface area contributed by atoms with Gasteiger partial charge >= 0.3 is 257 Å². The van der Waals surface area contributed by atoms with Crippen LogP contribution >= 0.6 is 17.9 Å². The van der Waals surface area contributed by atoms with Crippen LogP contribution in [0.15, 0.2) is 68.9 Å². The van der Waals surface area contributed by atoms with E-state index in [-0.39, 0.29) is 0 Å². The van der Waals surface area contributed by atoms with Gasteiger partial charge in [-0.3, -0.25) is 0 Å². The molecule has 0 radical (unpaired) electrons. The summed E-state index contributed by atoms with van der Waals surface area (Å²) in [6, 6.07) is 20.5. The molecule has 216 valence electrons. The first-order valence-corrected chi connectivity index (χ1v) is 26.4. The van der Waals surface area contributed by atoms with E-state index in [1.165, 1.54) is 0 Å². The molecule has 0 aliphatic carbocycles. The van der Waals surface area contributed by atoms with Crippen molar-refractivity contribution >= 4 is 67.4 Å². The molecule has 0 fully saturated rings. The van der Waals surface area contributed by atoms with Crippen LogP contribution in [0.5, 0.6) is 0 Å².